The number of hydrogen-bond acceptors (Lipinski definition) is 4. The van der Waals surface area contributed by atoms with Crippen LogP contribution in [0, 0.1) is 13.8 Å². The van der Waals surface area contributed by atoms with Crippen molar-refractivity contribution in [2.45, 2.75) is 20.5 Å². The molecule has 5 heteroatoms. The molecule has 0 amide bonds. The van der Waals surface area contributed by atoms with Gasteiger partial charge >= 0.3 is 0 Å². The third-order valence-corrected chi connectivity index (χ3v) is 2.35. The minimum Gasteiger partial charge on any atom is -0.455 e. The van der Waals surface area contributed by atoms with Crippen molar-refractivity contribution >= 4 is 0 Å². The van der Waals surface area contributed by atoms with Gasteiger partial charge in [-0.25, -0.2) is 4.98 Å². The molecule has 2 aromatic heterocycles. The van der Waals surface area contributed by atoms with E-state index in [9.17, 15) is 5.21 Å². The molecule has 0 spiro atoms. The number of aliphatic hydroxyl groups excluding tert-OH is 1. The van der Waals surface area contributed by atoms with Gasteiger partial charge in [-0.05, 0) is 26.0 Å². The highest BCUT2D eigenvalue weighted by Gasteiger charge is 2.15. The van der Waals surface area contributed by atoms with Gasteiger partial charge < -0.3 is 14.7 Å². The fourth-order valence-electron chi connectivity index (χ4n) is 1.34. The summed E-state index contributed by atoms with van der Waals surface area (Å²) in [6.07, 6.45) is 0. The van der Waals surface area contributed by atoms with Crippen LogP contribution in [0.3, 0.4) is 0 Å². The van der Waals surface area contributed by atoms with Crippen LogP contribution in [0.5, 0.6) is 0 Å². The largest absolute Gasteiger partial charge is 0.455 e. The van der Waals surface area contributed by atoms with Gasteiger partial charge in [-0.2, -0.15) is 4.73 Å². The lowest BCUT2D eigenvalue weighted by molar-refractivity contribution is 0.182. The van der Waals surface area contributed by atoms with Crippen LogP contribution in [0.15, 0.2) is 16.5 Å². The minimum atomic E-state index is -0.163. The van der Waals surface area contributed by atoms with Crippen LogP contribution < -0.4 is 0 Å². The fraction of sp³-hybridized carbons (Fsp3) is 0.300. The first-order valence-corrected chi connectivity index (χ1v) is 4.58. The fourth-order valence-corrected chi connectivity index (χ4v) is 1.34. The molecule has 2 N–H and O–H groups in total. The second kappa shape index (κ2) is 3.43. The summed E-state index contributed by atoms with van der Waals surface area (Å²) in [7, 11) is 0. The second-order valence-corrected chi connectivity index (χ2v) is 3.34. The Balaban J connectivity index is 2.49. The Morgan fingerprint density at radius 2 is 2.13 bits per heavy atom. The van der Waals surface area contributed by atoms with Crippen molar-refractivity contribution in [2.24, 2.45) is 0 Å². The van der Waals surface area contributed by atoms with Crippen molar-refractivity contribution in [3.05, 3.63) is 29.3 Å². The molecule has 0 aliphatic rings. The molecule has 2 rings (SSSR count). The highest BCUT2D eigenvalue weighted by Crippen LogP contribution is 2.22. The Morgan fingerprint density at radius 1 is 1.40 bits per heavy atom. The Kier molecular flexibility index (Phi) is 2.24. The van der Waals surface area contributed by atoms with Gasteiger partial charge in [0.2, 0.25) is 5.82 Å². The van der Waals surface area contributed by atoms with Crippen LogP contribution in [0.25, 0.3) is 11.6 Å². The lowest BCUT2D eigenvalue weighted by Gasteiger charge is -1.97. The molecule has 5 nitrogen and oxygen atoms in total. The highest BCUT2D eigenvalue weighted by atomic mass is 16.5. The lowest BCUT2D eigenvalue weighted by Crippen LogP contribution is -1.95. The van der Waals surface area contributed by atoms with Crippen molar-refractivity contribution in [1.82, 2.24) is 9.71 Å². The zero-order chi connectivity index (χ0) is 11.0. The number of imidazole rings is 1. The Bertz CT molecular complexity index is 485. The molecule has 0 aliphatic carbocycles. The number of aryl methyl sites for hydroxylation is 1. The topological polar surface area (TPSA) is 71.4 Å². The number of nitrogens with zero attached hydrogens (tertiary/aromatic N) is 2. The van der Waals surface area contributed by atoms with Crippen LogP contribution in [-0.2, 0) is 6.61 Å². The number of hydrogen-bond donors (Lipinski definition) is 2. The number of aromatic nitrogens is 2. The molecule has 0 atom stereocenters. The van der Waals surface area contributed by atoms with E-state index in [1.54, 1.807) is 26.0 Å². The van der Waals surface area contributed by atoms with Gasteiger partial charge in [0.05, 0.1) is 11.4 Å². The van der Waals surface area contributed by atoms with Gasteiger partial charge in [0.15, 0.2) is 5.76 Å². The first-order chi connectivity index (χ1) is 7.13. The summed E-state index contributed by atoms with van der Waals surface area (Å²) < 4.78 is 6.26. The van der Waals surface area contributed by atoms with E-state index in [0.29, 0.717) is 23.0 Å². The summed E-state index contributed by atoms with van der Waals surface area (Å²) in [6, 6.07) is 3.31. The van der Waals surface area contributed by atoms with E-state index < -0.39 is 0 Å². The van der Waals surface area contributed by atoms with Gasteiger partial charge in [-0.3, -0.25) is 0 Å². The predicted octanol–water partition coefficient (Wildman–Crippen LogP) is 1.49. The van der Waals surface area contributed by atoms with Crippen LogP contribution in [0.4, 0.5) is 0 Å². The van der Waals surface area contributed by atoms with Crippen LogP contribution in [-0.4, -0.2) is 20.0 Å². The van der Waals surface area contributed by atoms with E-state index in [1.165, 1.54) is 0 Å². The first kappa shape index (κ1) is 9.79. The highest BCUT2D eigenvalue weighted by molar-refractivity contribution is 5.49. The maximum atomic E-state index is 9.69. The molecule has 0 saturated heterocycles. The van der Waals surface area contributed by atoms with Crippen molar-refractivity contribution in [3.8, 4) is 11.6 Å². The van der Waals surface area contributed by atoms with Gasteiger partial charge in [-0.15, -0.1) is 0 Å². The van der Waals surface area contributed by atoms with E-state index in [1.807, 2.05) is 0 Å². The molecular weight excluding hydrogens is 196 g/mol. The third kappa shape index (κ3) is 1.50. The predicted molar refractivity (Wildman–Crippen MR) is 52.5 cm³/mol. The molecule has 0 bridgehead atoms. The van der Waals surface area contributed by atoms with Crippen molar-refractivity contribution in [3.63, 3.8) is 0 Å². The third-order valence-electron chi connectivity index (χ3n) is 2.35. The average Bonchev–Trinajstić information content (AvgIpc) is 2.79. The summed E-state index contributed by atoms with van der Waals surface area (Å²) >= 11 is 0. The summed E-state index contributed by atoms with van der Waals surface area (Å²) in [5.74, 6) is 1.24. The molecule has 0 saturated carbocycles. The van der Waals surface area contributed by atoms with Crippen LogP contribution in [0.1, 0.15) is 17.1 Å². The number of rotatable bonds is 2. The smallest absolute Gasteiger partial charge is 0.211 e. The average molecular weight is 208 g/mol. The number of furan rings is 1. The maximum absolute atomic E-state index is 9.69. The summed E-state index contributed by atoms with van der Waals surface area (Å²) in [5.41, 5.74) is 1.42. The zero-order valence-corrected chi connectivity index (χ0v) is 8.56. The molecular formula is C10H12N2O3. The van der Waals surface area contributed by atoms with Gasteiger partial charge in [0.25, 0.3) is 0 Å². The molecule has 0 aliphatic heterocycles. The Morgan fingerprint density at radius 3 is 2.60 bits per heavy atom. The first-order valence-electron chi connectivity index (χ1n) is 4.58. The van der Waals surface area contributed by atoms with Crippen LogP contribution >= 0.6 is 0 Å². The molecule has 0 radical (unpaired) electrons. The zero-order valence-electron chi connectivity index (χ0n) is 8.56. The maximum Gasteiger partial charge on any atom is 0.211 e. The van der Waals surface area contributed by atoms with Gasteiger partial charge in [0.1, 0.15) is 12.4 Å². The van der Waals surface area contributed by atoms with Crippen molar-refractivity contribution < 1.29 is 14.7 Å². The van der Waals surface area contributed by atoms with E-state index in [4.69, 9.17) is 9.52 Å². The quantitative estimate of drug-likeness (QED) is 0.733. The van der Waals surface area contributed by atoms with Gasteiger partial charge in [0, 0.05) is 0 Å². The number of aliphatic hydroxyl groups is 1. The standard InChI is InChI=1S/C10H12N2O3/c1-6-7(2)12(14)10(11-6)9-4-3-8(5-13)15-9/h3-4,13-14H,5H2,1-2H3. The normalized spacial score (nSPS) is 10.9. The second-order valence-electron chi connectivity index (χ2n) is 3.34. The van der Waals surface area contributed by atoms with E-state index >= 15 is 0 Å². The molecule has 0 unspecified atom stereocenters. The van der Waals surface area contributed by atoms with Crippen molar-refractivity contribution in [1.29, 1.82) is 0 Å². The summed E-state index contributed by atoms with van der Waals surface area (Å²) in [5, 5.41) is 18.5. The van der Waals surface area contributed by atoms with E-state index in [-0.39, 0.29) is 6.61 Å². The lowest BCUT2D eigenvalue weighted by atomic mass is 10.4. The molecule has 2 aromatic rings. The van der Waals surface area contributed by atoms with Gasteiger partial charge in [-0.1, -0.05) is 0 Å². The summed E-state index contributed by atoms with van der Waals surface area (Å²) in [6.45, 7) is 3.41. The minimum absolute atomic E-state index is 0.163. The van der Waals surface area contributed by atoms with Crippen LogP contribution in [0.2, 0.25) is 0 Å². The molecule has 0 fully saturated rings. The monoisotopic (exact) mass is 208 g/mol. The Labute approximate surface area is 86.6 Å². The molecule has 80 valence electrons. The Hall–Kier alpha value is -1.75. The molecule has 15 heavy (non-hydrogen) atoms. The van der Waals surface area contributed by atoms with Crippen molar-refractivity contribution in [2.75, 3.05) is 0 Å². The van der Waals surface area contributed by atoms with E-state index in [0.717, 1.165) is 10.4 Å². The summed E-state index contributed by atoms with van der Waals surface area (Å²) in [4.78, 5) is 4.17. The van der Waals surface area contributed by atoms with E-state index in [2.05, 4.69) is 4.98 Å². The SMILES string of the molecule is Cc1nc(-c2ccc(CO)o2)n(O)c1C. The molecule has 0 aromatic carbocycles. The molecule has 2 heterocycles.